The summed E-state index contributed by atoms with van der Waals surface area (Å²) < 4.78 is 28.4. The van der Waals surface area contributed by atoms with Crippen LogP contribution in [0.5, 0.6) is 0 Å². The zero-order valence-electron chi connectivity index (χ0n) is 13.6. The van der Waals surface area contributed by atoms with Gasteiger partial charge < -0.3 is 0 Å². The van der Waals surface area contributed by atoms with E-state index in [9.17, 15) is 8.42 Å². The molecule has 122 valence electrons. The Hall–Kier alpha value is -2.66. The van der Waals surface area contributed by atoms with Crippen LogP contribution < -0.4 is 9.09 Å². The van der Waals surface area contributed by atoms with Gasteiger partial charge in [-0.15, -0.1) is 0 Å². The van der Waals surface area contributed by atoms with Crippen molar-refractivity contribution in [3.05, 3.63) is 84.7 Å². The van der Waals surface area contributed by atoms with Crippen LogP contribution in [0.25, 0.3) is 11.1 Å². The Kier molecular flexibility index (Phi) is 4.36. The number of aryl methyl sites for hydroxylation is 1. The maximum absolute atomic E-state index is 12.8. The Bertz CT molecular complexity index is 937. The van der Waals surface area contributed by atoms with Crippen LogP contribution in [0.3, 0.4) is 0 Å². The van der Waals surface area contributed by atoms with Crippen LogP contribution in [0.1, 0.15) is 5.56 Å². The molecule has 4 nitrogen and oxygen atoms in total. The number of pyridine rings is 1. The van der Waals surface area contributed by atoms with Crippen molar-refractivity contribution in [2.75, 3.05) is 11.5 Å². The third-order valence-corrected chi connectivity index (χ3v) is 5.64. The van der Waals surface area contributed by atoms with Crippen LogP contribution in [0, 0.1) is 6.92 Å². The normalized spacial score (nSPS) is 11.2. The van der Waals surface area contributed by atoms with Crippen LogP contribution >= 0.6 is 0 Å². The average Bonchev–Trinajstić information content (AvgIpc) is 2.62. The molecule has 0 fully saturated rings. The standard InChI is InChI=1S/C19H19N2O2S/c1-16-10-12-19(13-11-16)24(22,23)20(2)21-14-6-9-18(15-21)17-7-4-3-5-8-17/h3-15H,1-2H3/q+1. The van der Waals surface area contributed by atoms with E-state index in [0.717, 1.165) is 16.7 Å². The van der Waals surface area contributed by atoms with Crippen molar-refractivity contribution in [2.24, 2.45) is 0 Å². The van der Waals surface area contributed by atoms with Gasteiger partial charge in [0.15, 0.2) is 0 Å². The molecule has 1 heterocycles. The molecule has 0 atom stereocenters. The lowest BCUT2D eigenvalue weighted by Gasteiger charge is -2.13. The van der Waals surface area contributed by atoms with E-state index in [4.69, 9.17) is 0 Å². The van der Waals surface area contributed by atoms with Gasteiger partial charge in [0.2, 0.25) is 12.4 Å². The molecule has 24 heavy (non-hydrogen) atoms. The summed E-state index contributed by atoms with van der Waals surface area (Å²) in [6.45, 7) is 1.93. The number of hydrogen-bond acceptors (Lipinski definition) is 2. The Morgan fingerprint density at radius 1 is 0.833 bits per heavy atom. The highest BCUT2D eigenvalue weighted by Gasteiger charge is 2.27. The molecule has 5 heteroatoms. The summed E-state index contributed by atoms with van der Waals surface area (Å²) >= 11 is 0. The highest BCUT2D eigenvalue weighted by atomic mass is 32.2. The van der Waals surface area contributed by atoms with E-state index in [2.05, 4.69) is 0 Å². The lowest BCUT2D eigenvalue weighted by atomic mass is 10.1. The van der Waals surface area contributed by atoms with E-state index in [1.54, 1.807) is 48.4 Å². The molecule has 2 aromatic carbocycles. The first-order chi connectivity index (χ1) is 11.5. The summed E-state index contributed by atoms with van der Waals surface area (Å²) in [5.74, 6) is 0. The first kappa shape index (κ1) is 16.2. The van der Waals surface area contributed by atoms with E-state index >= 15 is 0 Å². The van der Waals surface area contributed by atoms with E-state index in [1.165, 1.54) is 4.41 Å². The number of sulfonamides is 1. The molecule has 0 spiro atoms. The minimum Gasteiger partial charge on any atom is -0.196 e. The first-order valence-electron chi connectivity index (χ1n) is 7.61. The van der Waals surface area contributed by atoms with E-state index < -0.39 is 10.0 Å². The smallest absolute Gasteiger partial charge is 0.196 e. The fourth-order valence-corrected chi connectivity index (χ4v) is 3.56. The molecule has 0 aliphatic rings. The van der Waals surface area contributed by atoms with E-state index in [-0.39, 0.29) is 4.90 Å². The summed E-state index contributed by atoms with van der Waals surface area (Å²) in [4.78, 5) is 0.271. The summed E-state index contributed by atoms with van der Waals surface area (Å²) in [5, 5.41) is 0. The third-order valence-electron chi connectivity index (χ3n) is 3.88. The molecular formula is C19H19N2O2S+. The topological polar surface area (TPSA) is 41.3 Å². The van der Waals surface area contributed by atoms with Gasteiger partial charge in [-0.1, -0.05) is 57.1 Å². The monoisotopic (exact) mass is 339 g/mol. The second-order valence-corrected chi connectivity index (χ2v) is 7.54. The van der Waals surface area contributed by atoms with Crippen LogP contribution in [0.2, 0.25) is 0 Å². The average molecular weight is 339 g/mol. The Morgan fingerprint density at radius 3 is 2.12 bits per heavy atom. The van der Waals surface area contributed by atoms with Crippen molar-refractivity contribution in [1.82, 2.24) is 0 Å². The molecule has 0 aliphatic carbocycles. The molecule has 0 aliphatic heterocycles. The summed E-state index contributed by atoms with van der Waals surface area (Å²) in [7, 11) is -2.07. The molecule has 3 rings (SSSR count). The minimum absolute atomic E-state index is 0.271. The predicted molar refractivity (Wildman–Crippen MR) is 94.6 cm³/mol. The molecule has 1 aromatic heterocycles. The van der Waals surface area contributed by atoms with E-state index in [1.807, 2.05) is 49.4 Å². The summed E-state index contributed by atoms with van der Waals surface area (Å²) in [6, 6.07) is 20.5. The van der Waals surface area contributed by atoms with Gasteiger partial charge in [0.05, 0.1) is 11.9 Å². The highest BCUT2D eigenvalue weighted by Crippen LogP contribution is 2.17. The highest BCUT2D eigenvalue weighted by molar-refractivity contribution is 7.92. The molecule has 0 saturated carbocycles. The molecule has 0 unspecified atom stereocenters. The van der Waals surface area contributed by atoms with Crippen molar-refractivity contribution in [1.29, 1.82) is 0 Å². The summed E-state index contributed by atoms with van der Waals surface area (Å²) in [6.07, 6.45) is 3.53. The largest absolute Gasteiger partial charge is 0.308 e. The van der Waals surface area contributed by atoms with Crippen molar-refractivity contribution in [3.63, 3.8) is 0 Å². The minimum atomic E-state index is -3.61. The van der Waals surface area contributed by atoms with Gasteiger partial charge in [-0.3, -0.25) is 0 Å². The number of hydrogen-bond donors (Lipinski definition) is 0. The molecule has 0 saturated heterocycles. The van der Waals surface area contributed by atoms with Gasteiger partial charge >= 0.3 is 10.0 Å². The fraction of sp³-hybridized carbons (Fsp3) is 0.105. The SMILES string of the molecule is Cc1ccc(S(=O)(=O)N(C)[n+]2cccc(-c3ccccc3)c2)cc1. The maximum Gasteiger partial charge on any atom is 0.308 e. The molecular weight excluding hydrogens is 320 g/mol. The second kappa shape index (κ2) is 6.45. The van der Waals surface area contributed by atoms with Gasteiger partial charge in [0.1, 0.15) is 0 Å². The number of aromatic nitrogens is 1. The Morgan fingerprint density at radius 2 is 1.46 bits per heavy atom. The van der Waals surface area contributed by atoms with Crippen molar-refractivity contribution >= 4 is 10.0 Å². The molecule has 0 N–H and O–H groups in total. The van der Waals surface area contributed by atoms with Crippen molar-refractivity contribution in [3.8, 4) is 11.1 Å². The third kappa shape index (κ3) is 3.16. The van der Waals surface area contributed by atoms with Crippen LogP contribution in [0.4, 0.5) is 0 Å². The Labute approximate surface area is 142 Å². The lowest BCUT2D eigenvalue weighted by molar-refractivity contribution is -0.673. The summed E-state index contributed by atoms with van der Waals surface area (Å²) in [5.41, 5.74) is 3.01. The van der Waals surface area contributed by atoms with Crippen LogP contribution in [0.15, 0.2) is 84.0 Å². The maximum atomic E-state index is 12.8. The first-order valence-corrected chi connectivity index (χ1v) is 9.05. The predicted octanol–water partition coefficient (Wildman–Crippen LogP) is 2.91. The molecule has 3 aromatic rings. The molecule has 0 bridgehead atoms. The van der Waals surface area contributed by atoms with E-state index in [0.29, 0.717) is 0 Å². The molecule has 0 radical (unpaired) electrons. The number of rotatable bonds is 4. The van der Waals surface area contributed by atoms with Gasteiger partial charge in [-0.05, 0) is 30.7 Å². The van der Waals surface area contributed by atoms with Crippen LogP contribution in [-0.2, 0) is 10.0 Å². The lowest BCUT2D eigenvalue weighted by Crippen LogP contribution is -2.57. The number of benzene rings is 2. The second-order valence-electron chi connectivity index (χ2n) is 5.59. The zero-order valence-corrected chi connectivity index (χ0v) is 14.4. The van der Waals surface area contributed by atoms with Gasteiger partial charge in [-0.2, -0.15) is 8.42 Å². The van der Waals surface area contributed by atoms with Gasteiger partial charge in [-0.25, -0.2) is 0 Å². The van der Waals surface area contributed by atoms with Gasteiger partial charge in [0, 0.05) is 11.6 Å². The van der Waals surface area contributed by atoms with Crippen molar-refractivity contribution in [2.45, 2.75) is 11.8 Å². The molecule has 0 amide bonds. The Balaban J connectivity index is 1.98. The van der Waals surface area contributed by atoms with Gasteiger partial charge in [0.25, 0.3) is 0 Å². The quantitative estimate of drug-likeness (QED) is 0.686. The number of nitrogens with zero attached hydrogens (tertiary/aromatic N) is 2. The van der Waals surface area contributed by atoms with Crippen LogP contribution in [-0.4, -0.2) is 15.5 Å². The van der Waals surface area contributed by atoms with Crippen molar-refractivity contribution < 1.29 is 13.1 Å². The fourth-order valence-electron chi connectivity index (χ4n) is 2.43. The zero-order chi connectivity index (χ0) is 17.2.